The van der Waals surface area contributed by atoms with Gasteiger partial charge in [-0.2, -0.15) is 4.31 Å². The number of carbonyl (C=O) groups is 1. The molecule has 2 heterocycles. The molecule has 11 heteroatoms. The Morgan fingerprint density at radius 2 is 1.73 bits per heavy atom. The summed E-state index contributed by atoms with van der Waals surface area (Å²) in [6.07, 6.45) is 1.55. The first kappa shape index (κ1) is 21.8. The molecule has 10 nitrogen and oxygen atoms in total. The van der Waals surface area contributed by atoms with E-state index in [-0.39, 0.29) is 28.5 Å². The van der Waals surface area contributed by atoms with Crippen LogP contribution in [0.4, 0.5) is 0 Å². The average Bonchev–Trinajstić information content (AvgIpc) is 3.29. The Bertz CT molecular complexity index is 1190. The van der Waals surface area contributed by atoms with Crippen LogP contribution in [0, 0.1) is 0 Å². The Labute approximate surface area is 173 Å². The van der Waals surface area contributed by atoms with Crippen LogP contribution in [0.25, 0.3) is 0 Å². The summed E-state index contributed by atoms with van der Waals surface area (Å²) in [5, 5.41) is 0. The van der Waals surface area contributed by atoms with Crippen molar-refractivity contribution in [3.05, 3.63) is 56.4 Å². The topological polar surface area (TPSA) is 117 Å². The van der Waals surface area contributed by atoms with Crippen molar-refractivity contribution < 1.29 is 22.7 Å². The molecule has 1 fully saturated rings. The maximum atomic E-state index is 12.9. The summed E-state index contributed by atoms with van der Waals surface area (Å²) in [5.74, 6) is -0.656. The predicted molar refractivity (Wildman–Crippen MR) is 107 cm³/mol. The number of rotatable bonds is 6. The van der Waals surface area contributed by atoms with Crippen molar-refractivity contribution in [2.75, 3.05) is 20.2 Å². The fourth-order valence-electron chi connectivity index (χ4n) is 3.21. The molecule has 1 aliphatic heterocycles. The number of esters is 1. The standard InChI is InChI=1S/C19H23N3O7S/c1-20-14(11-17(23)21(2)19(20)25)12-29-18(24)13-6-7-15(28-3)16(10-13)30(26,27)22-8-4-5-9-22/h6-7,10-11H,4-5,8-9,12H2,1-3H3. The number of ether oxygens (including phenoxy) is 2. The number of aromatic nitrogens is 2. The largest absolute Gasteiger partial charge is 0.495 e. The van der Waals surface area contributed by atoms with Crippen LogP contribution in [-0.2, 0) is 35.5 Å². The maximum Gasteiger partial charge on any atom is 0.338 e. The minimum atomic E-state index is -3.82. The van der Waals surface area contributed by atoms with E-state index in [0.717, 1.165) is 17.4 Å². The molecule has 0 aliphatic carbocycles. The number of hydrogen-bond donors (Lipinski definition) is 0. The summed E-state index contributed by atoms with van der Waals surface area (Å²) in [4.78, 5) is 36.2. The molecule has 1 aromatic heterocycles. The number of methoxy groups -OCH3 is 1. The van der Waals surface area contributed by atoms with Gasteiger partial charge in [0, 0.05) is 33.3 Å². The van der Waals surface area contributed by atoms with Gasteiger partial charge in [-0.25, -0.2) is 18.0 Å². The van der Waals surface area contributed by atoms with Gasteiger partial charge < -0.3 is 9.47 Å². The second kappa shape index (κ2) is 8.44. The molecule has 1 aromatic carbocycles. The zero-order valence-electron chi connectivity index (χ0n) is 17.0. The highest BCUT2D eigenvalue weighted by atomic mass is 32.2. The molecule has 0 spiro atoms. The zero-order chi connectivity index (χ0) is 22.1. The predicted octanol–water partition coefficient (Wildman–Crippen LogP) is 0.234. The highest BCUT2D eigenvalue weighted by Crippen LogP contribution is 2.30. The Balaban J connectivity index is 1.87. The minimum Gasteiger partial charge on any atom is -0.495 e. The lowest BCUT2D eigenvalue weighted by atomic mass is 10.2. The van der Waals surface area contributed by atoms with Crippen molar-refractivity contribution in [3.8, 4) is 5.75 Å². The minimum absolute atomic E-state index is 0.0161. The fourth-order valence-corrected chi connectivity index (χ4v) is 4.91. The lowest BCUT2D eigenvalue weighted by Crippen LogP contribution is -2.38. The molecular weight excluding hydrogens is 414 g/mol. The van der Waals surface area contributed by atoms with Crippen LogP contribution >= 0.6 is 0 Å². The summed E-state index contributed by atoms with van der Waals surface area (Å²) < 4.78 is 39.8. The summed E-state index contributed by atoms with van der Waals surface area (Å²) in [6.45, 7) is 0.509. The van der Waals surface area contributed by atoms with E-state index in [9.17, 15) is 22.8 Å². The lowest BCUT2D eigenvalue weighted by Gasteiger charge is -2.18. The smallest absolute Gasteiger partial charge is 0.338 e. The molecule has 30 heavy (non-hydrogen) atoms. The highest BCUT2D eigenvalue weighted by molar-refractivity contribution is 7.89. The fraction of sp³-hybridized carbons (Fsp3) is 0.421. The Morgan fingerprint density at radius 3 is 2.37 bits per heavy atom. The third kappa shape index (κ3) is 4.03. The molecule has 1 aliphatic rings. The molecular formula is C19H23N3O7S. The van der Waals surface area contributed by atoms with Crippen LogP contribution in [0.15, 0.2) is 38.8 Å². The maximum absolute atomic E-state index is 12.9. The van der Waals surface area contributed by atoms with Gasteiger partial charge in [0.05, 0.1) is 18.4 Å². The quantitative estimate of drug-likeness (QED) is 0.594. The van der Waals surface area contributed by atoms with E-state index in [1.54, 1.807) is 0 Å². The number of nitrogens with zero attached hydrogens (tertiary/aromatic N) is 3. The molecule has 0 bridgehead atoms. The normalized spacial score (nSPS) is 14.6. The number of sulfonamides is 1. The second-order valence-electron chi connectivity index (χ2n) is 6.93. The molecule has 0 saturated carbocycles. The van der Waals surface area contributed by atoms with Crippen molar-refractivity contribution >= 4 is 16.0 Å². The number of hydrogen-bond acceptors (Lipinski definition) is 7. The Kier molecular flexibility index (Phi) is 6.13. The van der Waals surface area contributed by atoms with E-state index < -0.39 is 27.2 Å². The molecule has 0 unspecified atom stereocenters. The van der Waals surface area contributed by atoms with Crippen LogP contribution in [0.3, 0.4) is 0 Å². The molecule has 162 valence electrons. The van der Waals surface area contributed by atoms with Gasteiger partial charge in [0.2, 0.25) is 10.0 Å². The summed E-state index contributed by atoms with van der Waals surface area (Å²) in [5.41, 5.74) is -0.832. The van der Waals surface area contributed by atoms with Crippen molar-refractivity contribution in [3.63, 3.8) is 0 Å². The van der Waals surface area contributed by atoms with E-state index in [4.69, 9.17) is 9.47 Å². The first-order valence-electron chi connectivity index (χ1n) is 9.28. The van der Waals surface area contributed by atoms with E-state index >= 15 is 0 Å². The molecule has 0 N–H and O–H groups in total. The van der Waals surface area contributed by atoms with Gasteiger partial charge in [0.25, 0.3) is 5.56 Å². The van der Waals surface area contributed by atoms with Gasteiger partial charge in [0.15, 0.2) is 0 Å². The van der Waals surface area contributed by atoms with Crippen molar-refractivity contribution in [2.45, 2.75) is 24.3 Å². The lowest BCUT2D eigenvalue weighted by molar-refractivity contribution is 0.0462. The van der Waals surface area contributed by atoms with Crippen molar-refractivity contribution in [1.29, 1.82) is 0 Å². The van der Waals surface area contributed by atoms with E-state index in [1.165, 1.54) is 54.3 Å². The summed E-state index contributed by atoms with van der Waals surface area (Å²) in [6, 6.07) is 5.21. The summed E-state index contributed by atoms with van der Waals surface area (Å²) >= 11 is 0. The van der Waals surface area contributed by atoms with E-state index in [1.807, 2.05) is 0 Å². The van der Waals surface area contributed by atoms with Crippen LogP contribution in [0.2, 0.25) is 0 Å². The summed E-state index contributed by atoms with van der Waals surface area (Å²) in [7, 11) is 0.342. The number of benzene rings is 1. The monoisotopic (exact) mass is 437 g/mol. The van der Waals surface area contributed by atoms with Gasteiger partial charge >= 0.3 is 11.7 Å². The van der Waals surface area contributed by atoms with Gasteiger partial charge in [-0.15, -0.1) is 0 Å². The molecule has 0 atom stereocenters. The van der Waals surface area contributed by atoms with Crippen molar-refractivity contribution in [2.24, 2.45) is 14.1 Å². The third-order valence-corrected chi connectivity index (χ3v) is 6.98. The first-order chi connectivity index (χ1) is 14.2. The van der Waals surface area contributed by atoms with Crippen molar-refractivity contribution in [1.82, 2.24) is 13.4 Å². The van der Waals surface area contributed by atoms with Gasteiger partial charge in [-0.05, 0) is 31.0 Å². The molecule has 2 aromatic rings. The van der Waals surface area contributed by atoms with Gasteiger partial charge in [0.1, 0.15) is 17.3 Å². The van der Waals surface area contributed by atoms with Crippen LogP contribution in [-0.4, -0.2) is 48.0 Å². The molecule has 3 rings (SSSR count). The highest BCUT2D eigenvalue weighted by Gasteiger charge is 2.30. The van der Waals surface area contributed by atoms with E-state index in [0.29, 0.717) is 13.1 Å². The first-order valence-corrected chi connectivity index (χ1v) is 10.7. The van der Waals surface area contributed by atoms with Gasteiger partial charge in [-0.1, -0.05) is 0 Å². The SMILES string of the molecule is COc1ccc(C(=O)OCc2cc(=O)n(C)c(=O)n2C)cc1S(=O)(=O)N1CCCC1. The Morgan fingerprint density at radius 1 is 1.07 bits per heavy atom. The zero-order valence-corrected chi connectivity index (χ0v) is 17.8. The molecule has 1 saturated heterocycles. The third-order valence-electron chi connectivity index (χ3n) is 5.06. The second-order valence-corrected chi connectivity index (χ2v) is 8.83. The van der Waals surface area contributed by atoms with Crippen LogP contribution in [0.5, 0.6) is 5.75 Å². The van der Waals surface area contributed by atoms with Crippen LogP contribution in [0.1, 0.15) is 28.9 Å². The molecule has 0 radical (unpaired) electrons. The van der Waals surface area contributed by atoms with Gasteiger partial charge in [-0.3, -0.25) is 13.9 Å². The average molecular weight is 437 g/mol. The molecule has 0 amide bonds. The Hall–Kier alpha value is -2.92. The number of carbonyl (C=O) groups excluding carboxylic acids is 1. The van der Waals surface area contributed by atoms with Crippen LogP contribution < -0.4 is 16.0 Å². The van der Waals surface area contributed by atoms with E-state index in [2.05, 4.69) is 0 Å².